The van der Waals surface area contributed by atoms with Crippen molar-refractivity contribution in [3.05, 3.63) is 39.8 Å². The number of carbonyl (C=O) groups excluding carboxylic acids is 1. The van der Waals surface area contributed by atoms with Crippen molar-refractivity contribution < 1.29 is 9.53 Å². The lowest BCUT2D eigenvalue weighted by Gasteiger charge is -2.07. The van der Waals surface area contributed by atoms with Gasteiger partial charge in [-0.25, -0.2) is 4.98 Å². The molecule has 0 saturated heterocycles. The Bertz CT molecular complexity index is 610. The Balaban J connectivity index is 1.79. The molecule has 0 aliphatic heterocycles. The monoisotopic (exact) mass is 291 g/mol. The van der Waals surface area contributed by atoms with Crippen LogP contribution in [0.2, 0.25) is 0 Å². The Hall–Kier alpha value is -2.08. The molecule has 0 saturated carbocycles. The van der Waals surface area contributed by atoms with Gasteiger partial charge in [0.15, 0.2) is 0 Å². The molecular formula is C14H17N3O2S. The van der Waals surface area contributed by atoms with Crippen LogP contribution in [0, 0.1) is 13.8 Å². The van der Waals surface area contributed by atoms with E-state index in [-0.39, 0.29) is 5.91 Å². The van der Waals surface area contributed by atoms with Gasteiger partial charge in [-0.05, 0) is 26.0 Å². The van der Waals surface area contributed by atoms with Crippen LogP contribution in [-0.2, 0) is 0 Å². The van der Waals surface area contributed by atoms with E-state index in [9.17, 15) is 4.79 Å². The first-order valence-corrected chi connectivity index (χ1v) is 7.08. The van der Waals surface area contributed by atoms with Crippen LogP contribution in [0.1, 0.15) is 20.4 Å². The summed E-state index contributed by atoms with van der Waals surface area (Å²) in [5, 5.41) is 3.71. The summed E-state index contributed by atoms with van der Waals surface area (Å²) in [4.78, 5) is 16.8. The summed E-state index contributed by atoms with van der Waals surface area (Å²) < 4.78 is 5.50. The molecule has 1 amide bonds. The van der Waals surface area contributed by atoms with Crippen LogP contribution in [-0.4, -0.2) is 24.0 Å². The van der Waals surface area contributed by atoms with Crippen molar-refractivity contribution in [2.24, 2.45) is 0 Å². The van der Waals surface area contributed by atoms with Crippen molar-refractivity contribution in [2.45, 2.75) is 13.8 Å². The molecule has 0 bridgehead atoms. The molecule has 106 valence electrons. The number of anilines is 1. The van der Waals surface area contributed by atoms with Gasteiger partial charge in [-0.1, -0.05) is 6.07 Å². The summed E-state index contributed by atoms with van der Waals surface area (Å²) in [5.74, 6) is 0.591. The summed E-state index contributed by atoms with van der Waals surface area (Å²) in [6.45, 7) is 4.55. The number of ether oxygens (including phenoxy) is 1. The number of thiazole rings is 1. The molecule has 1 aromatic heterocycles. The Morgan fingerprint density at radius 1 is 1.45 bits per heavy atom. The van der Waals surface area contributed by atoms with E-state index in [1.807, 2.05) is 26.0 Å². The van der Waals surface area contributed by atoms with Crippen LogP contribution < -0.4 is 15.8 Å². The lowest BCUT2D eigenvalue weighted by Crippen LogP contribution is -2.27. The average molecular weight is 291 g/mol. The second kappa shape index (κ2) is 6.38. The van der Waals surface area contributed by atoms with E-state index in [1.165, 1.54) is 11.3 Å². The molecule has 0 fully saturated rings. The third-order valence-electron chi connectivity index (χ3n) is 2.62. The maximum Gasteiger partial charge on any atom is 0.263 e. The van der Waals surface area contributed by atoms with E-state index in [2.05, 4.69) is 10.3 Å². The standard InChI is InChI=1S/C14H17N3O2S/c1-9-13(20-10(2)17-9)14(18)16-6-7-19-12-5-3-4-11(15)8-12/h3-5,8H,6-7,15H2,1-2H3,(H,16,18). The number of nitrogens with one attached hydrogen (secondary N) is 1. The molecule has 0 unspecified atom stereocenters. The first-order chi connectivity index (χ1) is 9.56. The number of hydrogen-bond donors (Lipinski definition) is 2. The molecule has 6 heteroatoms. The minimum Gasteiger partial charge on any atom is -0.492 e. The number of hydrogen-bond acceptors (Lipinski definition) is 5. The van der Waals surface area contributed by atoms with Crippen LogP contribution in [0.4, 0.5) is 5.69 Å². The zero-order valence-corrected chi connectivity index (χ0v) is 12.3. The highest BCUT2D eigenvalue weighted by Crippen LogP contribution is 2.17. The maximum atomic E-state index is 11.9. The van der Waals surface area contributed by atoms with Gasteiger partial charge >= 0.3 is 0 Å². The van der Waals surface area contributed by atoms with E-state index in [4.69, 9.17) is 10.5 Å². The van der Waals surface area contributed by atoms with E-state index in [1.54, 1.807) is 12.1 Å². The van der Waals surface area contributed by atoms with Crippen molar-refractivity contribution >= 4 is 22.9 Å². The van der Waals surface area contributed by atoms with E-state index < -0.39 is 0 Å². The van der Waals surface area contributed by atoms with Gasteiger partial charge in [0.25, 0.3) is 5.91 Å². The first-order valence-electron chi connectivity index (χ1n) is 6.27. The highest BCUT2D eigenvalue weighted by atomic mass is 32.1. The van der Waals surface area contributed by atoms with Crippen molar-refractivity contribution in [3.63, 3.8) is 0 Å². The number of nitrogens with zero attached hydrogens (tertiary/aromatic N) is 1. The van der Waals surface area contributed by atoms with Gasteiger partial charge in [-0.2, -0.15) is 0 Å². The molecule has 0 spiro atoms. The Labute approximate surface area is 121 Å². The van der Waals surface area contributed by atoms with E-state index in [0.29, 0.717) is 29.5 Å². The molecule has 3 N–H and O–H groups in total. The molecule has 1 heterocycles. The maximum absolute atomic E-state index is 11.9. The molecule has 1 aromatic carbocycles. The van der Waals surface area contributed by atoms with Crippen molar-refractivity contribution in [1.82, 2.24) is 10.3 Å². The van der Waals surface area contributed by atoms with Gasteiger partial charge in [0.2, 0.25) is 0 Å². The summed E-state index contributed by atoms with van der Waals surface area (Å²) in [7, 11) is 0. The van der Waals surface area contributed by atoms with E-state index >= 15 is 0 Å². The predicted octanol–water partition coefficient (Wildman–Crippen LogP) is 2.15. The molecular weight excluding hydrogens is 274 g/mol. The van der Waals surface area contributed by atoms with Gasteiger partial charge in [0, 0.05) is 11.8 Å². The number of rotatable bonds is 5. The second-order valence-corrected chi connectivity index (χ2v) is 5.53. The van der Waals surface area contributed by atoms with Gasteiger partial charge < -0.3 is 15.8 Å². The van der Waals surface area contributed by atoms with Crippen LogP contribution in [0.15, 0.2) is 24.3 Å². The Kier molecular flexibility index (Phi) is 4.57. The first kappa shape index (κ1) is 14.3. The Morgan fingerprint density at radius 2 is 2.25 bits per heavy atom. The van der Waals surface area contributed by atoms with Crippen LogP contribution >= 0.6 is 11.3 Å². The predicted molar refractivity (Wildman–Crippen MR) is 80.3 cm³/mol. The Morgan fingerprint density at radius 3 is 2.90 bits per heavy atom. The topological polar surface area (TPSA) is 77.2 Å². The zero-order chi connectivity index (χ0) is 14.5. The highest BCUT2D eigenvalue weighted by Gasteiger charge is 2.12. The molecule has 20 heavy (non-hydrogen) atoms. The number of nitrogen functional groups attached to an aromatic ring is 1. The third kappa shape index (κ3) is 3.71. The molecule has 5 nitrogen and oxygen atoms in total. The number of aryl methyl sites for hydroxylation is 2. The highest BCUT2D eigenvalue weighted by molar-refractivity contribution is 7.13. The molecule has 2 aromatic rings. The fraction of sp³-hybridized carbons (Fsp3) is 0.286. The number of amides is 1. The smallest absolute Gasteiger partial charge is 0.263 e. The molecule has 0 aliphatic carbocycles. The van der Waals surface area contributed by atoms with E-state index in [0.717, 1.165) is 10.7 Å². The van der Waals surface area contributed by atoms with Crippen molar-refractivity contribution in [1.29, 1.82) is 0 Å². The molecule has 2 rings (SSSR count). The SMILES string of the molecule is Cc1nc(C)c(C(=O)NCCOc2cccc(N)c2)s1. The average Bonchev–Trinajstić information content (AvgIpc) is 2.74. The summed E-state index contributed by atoms with van der Waals surface area (Å²) in [6.07, 6.45) is 0. The summed E-state index contributed by atoms with van der Waals surface area (Å²) in [5.41, 5.74) is 7.07. The van der Waals surface area contributed by atoms with Crippen molar-refractivity contribution in [2.75, 3.05) is 18.9 Å². The van der Waals surface area contributed by atoms with Gasteiger partial charge in [0.05, 0.1) is 17.2 Å². The number of nitrogens with two attached hydrogens (primary N) is 1. The molecule has 0 radical (unpaired) electrons. The van der Waals surface area contributed by atoms with Gasteiger partial charge in [-0.3, -0.25) is 4.79 Å². The van der Waals surface area contributed by atoms with Crippen LogP contribution in [0.3, 0.4) is 0 Å². The largest absolute Gasteiger partial charge is 0.492 e. The minimum absolute atomic E-state index is 0.107. The number of carbonyl (C=O) groups is 1. The minimum atomic E-state index is -0.107. The lowest BCUT2D eigenvalue weighted by molar-refractivity contribution is 0.0950. The molecule has 0 atom stereocenters. The summed E-state index contributed by atoms with van der Waals surface area (Å²) >= 11 is 1.40. The number of benzene rings is 1. The van der Waals surface area contributed by atoms with Crippen LogP contribution in [0.25, 0.3) is 0 Å². The fourth-order valence-corrected chi connectivity index (χ4v) is 2.60. The number of aromatic nitrogens is 1. The normalized spacial score (nSPS) is 10.3. The lowest BCUT2D eigenvalue weighted by atomic mass is 10.3. The fourth-order valence-electron chi connectivity index (χ4n) is 1.76. The quantitative estimate of drug-likeness (QED) is 0.653. The van der Waals surface area contributed by atoms with Crippen molar-refractivity contribution in [3.8, 4) is 5.75 Å². The van der Waals surface area contributed by atoms with Crippen LogP contribution in [0.5, 0.6) is 5.75 Å². The van der Waals surface area contributed by atoms with Gasteiger partial charge in [-0.15, -0.1) is 11.3 Å². The third-order valence-corrected chi connectivity index (χ3v) is 3.70. The second-order valence-electron chi connectivity index (χ2n) is 4.32. The zero-order valence-electron chi connectivity index (χ0n) is 11.5. The van der Waals surface area contributed by atoms with Gasteiger partial charge in [0.1, 0.15) is 17.2 Å². The molecule has 0 aliphatic rings. The summed E-state index contributed by atoms with van der Waals surface area (Å²) in [6, 6.07) is 7.20.